The average Bonchev–Trinajstić information content (AvgIpc) is 3.49. The zero-order valence-corrected chi connectivity index (χ0v) is 28.9. The van der Waals surface area contributed by atoms with E-state index in [1.807, 2.05) is 89.9 Å². The van der Waals surface area contributed by atoms with E-state index in [0.717, 1.165) is 51.4 Å². The molecule has 0 aliphatic rings. The van der Waals surface area contributed by atoms with Crippen LogP contribution in [0.4, 0.5) is 0 Å². The van der Waals surface area contributed by atoms with Gasteiger partial charge in [-0.2, -0.15) is 10.2 Å². The molecule has 5 heterocycles. The fraction of sp³-hybridized carbons (Fsp3) is 0.194. The van der Waals surface area contributed by atoms with Crippen molar-refractivity contribution in [2.24, 2.45) is 0 Å². The number of aromatic nitrogens is 7. The third-order valence-electron chi connectivity index (χ3n) is 7.07. The van der Waals surface area contributed by atoms with Crippen molar-refractivity contribution in [3.63, 3.8) is 0 Å². The van der Waals surface area contributed by atoms with E-state index < -0.39 is 0 Å². The number of aryl methyl sites for hydroxylation is 2. The van der Waals surface area contributed by atoms with Gasteiger partial charge in [0.2, 0.25) is 0 Å². The number of hydrogen-bond acceptors (Lipinski definition) is 6. The SMILES string of the molecule is C#CCOc1cc[c-]c(-c2ccccn2)c1.Cc1nn(-c2ccccn2)c(C)c1C.Cc1nn(-c2ccccn2)c(C)c1C.[Os+]. The maximum absolute atomic E-state index is 5.33. The maximum Gasteiger partial charge on any atom is 1.00 e. The first-order valence-corrected chi connectivity index (χ1v) is 14.2. The Labute approximate surface area is 278 Å². The van der Waals surface area contributed by atoms with Gasteiger partial charge in [0.15, 0.2) is 11.6 Å². The van der Waals surface area contributed by atoms with Crippen LogP contribution >= 0.6 is 0 Å². The Morgan fingerprint density at radius 3 is 1.62 bits per heavy atom. The Morgan fingerprint density at radius 2 is 1.22 bits per heavy atom. The minimum absolute atomic E-state index is 0. The Morgan fingerprint density at radius 1 is 0.711 bits per heavy atom. The maximum atomic E-state index is 5.33. The van der Waals surface area contributed by atoms with Gasteiger partial charge in [0.1, 0.15) is 6.61 Å². The molecule has 0 aliphatic carbocycles. The number of pyridine rings is 3. The molecule has 0 spiro atoms. The second-order valence-electron chi connectivity index (χ2n) is 9.94. The molecule has 1 aromatic carbocycles. The normalized spacial score (nSPS) is 9.89. The molecule has 0 fully saturated rings. The molecule has 0 atom stereocenters. The Balaban J connectivity index is 0.000000183. The predicted molar refractivity (Wildman–Crippen MR) is 174 cm³/mol. The zero-order chi connectivity index (χ0) is 31.5. The van der Waals surface area contributed by atoms with Gasteiger partial charge in [-0.15, -0.1) is 36.3 Å². The van der Waals surface area contributed by atoms with Crippen molar-refractivity contribution < 1.29 is 24.5 Å². The van der Waals surface area contributed by atoms with Crippen LogP contribution < -0.4 is 4.74 Å². The third kappa shape index (κ3) is 9.05. The second kappa shape index (κ2) is 16.8. The molecule has 45 heavy (non-hydrogen) atoms. The van der Waals surface area contributed by atoms with Crippen molar-refractivity contribution in [2.75, 3.05) is 6.61 Å². The number of terminal acetylenes is 1. The van der Waals surface area contributed by atoms with Gasteiger partial charge < -0.3 is 9.72 Å². The molecule has 0 saturated carbocycles. The molecule has 6 rings (SSSR count). The molecule has 0 unspecified atom stereocenters. The van der Waals surface area contributed by atoms with Crippen LogP contribution in [0.25, 0.3) is 22.9 Å². The van der Waals surface area contributed by atoms with Crippen LogP contribution in [0.2, 0.25) is 0 Å². The fourth-order valence-electron chi connectivity index (χ4n) is 4.18. The summed E-state index contributed by atoms with van der Waals surface area (Å²) < 4.78 is 9.09. The van der Waals surface area contributed by atoms with Crippen molar-refractivity contribution in [3.8, 4) is 41.0 Å². The summed E-state index contributed by atoms with van der Waals surface area (Å²) in [5.74, 6) is 4.91. The monoisotopic (exact) mass is 774 g/mol. The summed E-state index contributed by atoms with van der Waals surface area (Å²) in [7, 11) is 0. The molecule has 0 amide bonds. The largest absolute Gasteiger partial charge is 1.00 e. The third-order valence-corrected chi connectivity index (χ3v) is 7.07. The van der Waals surface area contributed by atoms with Crippen LogP contribution in [-0.4, -0.2) is 41.1 Å². The number of hydrogen-bond donors (Lipinski definition) is 0. The summed E-state index contributed by atoms with van der Waals surface area (Å²) in [6.07, 6.45) is 10.4. The van der Waals surface area contributed by atoms with Crippen LogP contribution in [0.3, 0.4) is 0 Å². The van der Waals surface area contributed by atoms with E-state index in [9.17, 15) is 0 Å². The summed E-state index contributed by atoms with van der Waals surface area (Å²) in [5, 5.41) is 8.87. The van der Waals surface area contributed by atoms with Crippen LogP contribution in [0.5, 0.6) is 5.75 Å². The van der Waals surface area contributed by atoms with E-state index in [2.05, 4.69) is 64.8 Å². The Hall–Kier alpha value is -4.91. The number of ether oxygens (including phenoxy) is 1. The smallest absolute Gasteiger partial charge is 0.500 e. The number of rotatable bonds is 5. The fourth-order valence-corrected chi connectivity index (χ4v) is 4.18. The van der Waals surface area contributed by atoms with Gasteiger partial charge in [0.25, 0.3) is 0 Å². The zero-order valence-electron chi connectivity index (χ0n) is 26.3. The standard InChI is InChI=1S/C14H10NO.2C11H13N3.Os/c1-2-10-16-13-7-5-6-12(11-13)14-8-3-4-9-15-14;2*1-8-9(2)13-14(10(8)3)11-6-4-5-7-12-11;/h1,3-5,7-9,11H,10H2;2*4-7H,1-3H3;/q-1;;;+1. The molecular formula is C36H36N7OOs. The Kier molecular flexibility index (Phi) is 12.9. The first-order chi connectivity index (χ1) is 21.3. The molecule has 8 nitrogen and oxygen atoms in total. The second-order valence-corrected chi connectivity index (χ2v) is 9.94. The van der Waals surface area contributed by atoms with Gasteiger partial charge >= 0.3 is 19.8 Å². The summed E-state index contributed by atoms with van der Waals surface area (Å²) in [6.45, 7) is 12.6. The average molecular weight is 773 g/mol. The molecule has 0 bridgehead atoms. The molecule has 0 aliphatic heterocycles. The van der Waals surface area contributed by atoms with Crippen LogP contribution in [0.15, 0.2) is 91.4 Å². The Bertz CT molecular complexity index is 1740. The molecule has 1 radical (unpaired) electrons. The van der Waals surface area contributed by atoms with Crippen LogP contribution in [-0.2, 0) is 19.8 Å². The van der Waals surface area contributed by atoms with Crippen molar-refractivity contribution in [2.45, 2.75) is 41.5 Å². The summed E-state index contributed by atoms with van der Waals surface area (Å²) in [5.41, 5.74) is 8.67. The van der Waals surface area contributed by atoms with E-state index in [1.165, 1.54) is 11.1 Å². The molecule has 0 N–H and O–H groups in total. The van der Waals surface area contributed by atoms with Gasteiger partial charge in [-0.3, -0.25) is 0 Å². The van der Waals surface area contributed by atoms with E-state index in [-0.39, 0.29) is 26.4 Å². The van der Waals surface area contributed by atoms with Crippen molar-refractivity contribution in [3.05, 3.63) is 131 Å². The molecule has 5 aromatic heterocycles. The molecule has 229 valence electrons. The van der Waals surface area contributed by atoms with Gasteiger partial charge in [-0.05, 0) is 88.7 Å². The van der Waals surface area contributed by atoms with Crippen molar-refractivity contribution in [1.82, 2.24) is 34.5 Å². The summed E-state index contributed by atoms with van der Waals surface area (Å²) >= 11 is 0. The van der Waals surface area contributed by atoms with Gasteiger partial charge in [-0.1, -0.05) is 30.2 Å². The molecule has 0 saturated heterocycles. The topological polar surface area (TPSA) is 83.5 Å². The first kappa shape index (κ1) is 34.6. The van der Waals surface area contributed by atoms with E-state index in [4.69, 9.17) is 11.2 Å². The molecule has 6 aromatic rings. The van der Waals surface area contributed by atoms with Gasteiger partial charge in [-0.25, -0.2) is 19.3 Å². The molecule has 9 heteroatoms. The van der Waals surface area contributed by atoms with E-state index in [0.29, 0.717) is 0 Å². The minimum Gasteiger partial charge on any atom is -0.500 e. The number of nitrogens with zero attached hydrogens (tertiary/aromatic N) is 7. The summed E-state index contributed by atoms with van der Waals surface area (Å²) in [6, 6.07) is 26.0. The van der Waals surface area contributed by atoms with E-state index in [1.54, 1.807) is 24.7 Å². The minimum atomic E-state index is 0. The van der Waals surface area contributed by atoms with Gasteiger partial charge in [0.05, 0.1) is 11.4 Å². The molecular weight excluding hydrogens is 737 g/mol. The van der Waals surface area contributed by atoms with Crippen LogP contribution in [0, 0.1) is 60.0 Å². The quantitative estimate of drug-likeness (QED) is 0.140. The number of benzene rings is 1. The van der Waals surface area contributed by atoms with Gasteiger partial charge in [0, 0.05) is 35.7 Å². The first-order valence-electron chi connectivity index (χ1n) is 14.2. The van der Waals surface area contributed by atoms with E-state index >= 15 is 0 Å². The van der Waals surface area contributed by atoms with Crippen LogP contribution in [0.1, 0.15) is 33.9 Å². The van der Waals surface area contributed by atoms with Crippen molar-refractivity contribution in [1.29, 1.82) is 0 Å². The van der Waals surface area contributed by atoms with Crippen molar-refractivity contribution >= 4 is 0 Å². The predicted octanol–water partition coefficient (Wildman–Crippen LogP) is 6.94. The summed E-state index contributed by atoms with van der Waals surface area (Å²) in [4.78, 5) is 12.8.